The molecule has 116 valence electrons. The van der Waals surface area contributed by atoms with Crippen LogP contribution < -0.4 is 15.8 Å². The summed E-state index contributed by atoms with van der Waals surface area (Å²) in [7, 11) is 1.57. The minimum Gasteiger partial charge on any atom is -0.494 e. The molecule has 21 heavy (non-hydrogen) atoms. The second-order valence-corrected chi connectivity index (χ2v) is 6.49. The summed E-state index contributed by atoms with van der Waals surface area (Å²) in [5.74, 6) is 0.568. The van der Waals surface area contributed by atoms with E-state index in [9.17, 15) is 4.79 Å². The van der Waals surface area contributed by atoms with E-state index in [0.717, 1.165) is 19.5 Å². The number of likely N-dealkylation sites (tertiary alicyclic amines) is 1. The average molecular weight is 291 g/mol. The van der Waals surface area contributed by atoms with Crippen molar-refractivity contribution in [2.45, 2.75) is 26.7 Å². The Kier molecular flexibility index (Phi) is 4.73. The second kappa shape index (κ2) is 6.35. The van der Waals surface area contributed by atoms with Gasteiger partial charge in [0.25, 0.3) is 0 Å². The van der Waals surface area contributed by atoms with Gasteiger partial charge in [-0.2, -0.15) is 0 Å². The van der Waals surface area contributed by atoms with Crippen molar-refractivity contribution in [2.24, 2.45) is 5.41 Å². The van der Waals surface area contributed by atoms with Gasteiger partial charge in [0.05, 0.1) is 19.3 Å². The van der Waals surface area contributed by atoms with Crippen LogP contribution in [0.4, 0.5) is 11.4 Å². The minimum atomic E-state index is -0.0178. The predicted molar refractivity (Wildman–Crippen MR) is 85.5 cm³/mol. The zero-order chi connectivity index (χ0) is 15.5. The lowest BCUT2D eigenvalue weighted by Gasteiger charge is -2.37. The highest BCUT2D eigenvalue weighted by molar-refractivity contribution is 5.94. The lowest BCUT2D eigenvalue weighted by atomic mass is 9.84. The number of carbonyl (C=O) groups excluding carboxylic acids is 1. The summed E-state index contributed by atoms with van der Waals surface area (Å²) in [6.45, 7) is 6.85. The molecule has 2 rings (SSSR count). The number of rotatable bonds is 4. The maximum atomic E-state index is 12.2. The number of amides is 1. The fourth-order valence-corrected chi connectivity index (χ4v) is 2.88. The maximum absolute atomic E-state index is 12.2. The Labute approximate surface area is 126 Å². The van der Waals surface area contributed by atoms with Crippen LogP contribution in [0.5, 0.6) is 5.75 Å². The highest BCUT2D eigenvalue weighted by Crippen LogP contribution is 2.29. The predicted octanol–water partition coefficient (Wildman–Crippen LogP) is 2.34. The summed E-state index contributed by atoms with van der Waals surface area (Å²) in [6.07, 6.45) is 2.36. The van der Waals surface area contributed by atoms with Gasteiger partial charge in [-0.1, -0.05) is 13.8 Å². The van der Waals surface area contributed by atoms with Crippen LogP contribution in [-0.2, 0) is 4.79 Å². The van der Waals surface area contributed by atoms with Crippen LogP contribution in [0.25, 0.3) is 0 Å². The highest BCUT2D eigenvalue weighted by atomic mass is 16.5. The molecule has 1 heterocycles. The molecule has 1 fully saturated rings. The molecule has 1 amide bonds. The largest absolute Gasteiger partial charge is 0.494 e. The number of nitrogens with two attached hydrogens (primary N) is 1. The van der Waals surface area contributed by atoms with Crippen molar-refractivity contribution in [3.8, 4) is 5.75 Å². The molecule has 1 aliphatic heterocycles. The van der Waals surface area contributed by atoms with Crippen LogP contribution in [0, 0.1) is 5.41 Å². The van der Waals surface area contributed by atoms with E-state index in [4.69, 9.17) is 10.5 Å². The van der Waals surface area contributed by atoms with Gasteiger partial charge in [-0.25, -0.2) is 0 Å². The van der Waals surface area contributed by atoms with E-state index < -0.39 is 0 Å². The number of nitrogens with one attached hydrogen (secondary N) is 1. The van der Waals surface area contributed by atoms with Crippen molar-refractivity contribution >= 4 is 17.3 Å². The normalized spacial score (nSPS) is 18.2. The third-order valence-electron chi connectivity index (χ3n) is 3.85. The summed E-state index contributed by atoms with van der Waals surface area (Å²) >= 11 is 0. The smallest absolute Gasteiger partial charge is 0.238 e. The van der Waals surface area contributed by atoms with Gasteiger partial charge in [0.15, 0.2) is 0 Å². The number of piperidine rings is 1. The van der Waals surface area contributed by atoms with Gasteiger partial charge in [0.2, 0.25) is 5.91 Å². The van der Waals surface area contributed by atoms with Crippen molar-refractivity contribution < 1.29 is 9.53 Å². The first kappa shape index (κ1) is 15.6. The first-order valence-electron chi connectivity index (χ1n) is 7.35. The molecule has 0 unspecified atom stereocenters. The number of methoxy groups -OCH3 is 1. The summed E-state index contributed by atoms with van der Waals surface area (Å²) in [4.78, 5) is 14.4. The van der Waals surface area contributed by atoms with Crippen molar-refractivity contribution in [3.05, 3.63) is 18.2 Å². The molecule has 5 nitrogen and oxygen atoms in total. The zero-order valence-corrected chi connectivity index (χ0v) is 13.1. The average Bonchev–Trinajstić information content (AvgIpc) is 2.39. The molecule has 5 heteroatoms. The Hall–Kier alpha value is -1.75. The van der Waals surface area contributed by atoms with Crippen molar-refractivity contribution in [1.82, 2.24) is 4.90 Å². The molecule has 0 aliphatic carbocycles. The number of nitrogens with zero attached hydrogens (tertiary/aromatic N) is 1. The Morgan fingerprint density at radius 1 is 1.48 bits per heavy atom. The Bertz CT molecular complexity index is 514. The van der Waals surface area contributed by atoms with E-state index in [1.54, 1.807) is 25.3 Å². The molecule has 1 saturated heterocycles. The second-order valence-electron chi connectivity index (χ2n) is 6.49. The Balaban J connectivity index is 1.96. The van der Waals surface area contributed by atoms with Crippen LogP contribution in [0.15, 0.2) is 18.2 Å². The van der Waals surface area contributed by atoms with E-state index >= 15 is 0 Å². The van der Waals surface area contributed by atoms with E-state index in [0.29, 0.717) is 23.7 Å². The molecular weight excluding hydrogens is 266 g/mol. The van der Waals surface area contributed by atoms with Gasteiger partial charge in [0, 0.05) is 18.3 Å². The Morgan fingerprint density at radius 3 is 2.90 bits per heavy atom. The number of benzene rings is 1. The summed E-state index contributed by atoms with van der Waals surface area (Å²) in [5.41, 5.74) is 7.27. The molecule has 1 aromatic rings. The van der Waals surface area contributed by atoms with Gasteiger partial charge in [-0.3, -0.25) is 9.69 Å². The molecule has 0 bridgehead atoms. The molecule has 1 aromatic carbocycles. The number of carbonyl (C=O) groups is 1. The molecular formula is C16H25N3O2. The van der Waals surface area contributed by atoms with E-state index in [2.05, 4.69) is 24.1 Å². The van der Waals surface area contributed by atoms with Crippen molar-refractivity contribution in [2.75, 3.05) is 37.8 Å². The fourth-order valence-electron chi connectivity index (χ4n) is 2.88. The lowest BCUT2D eigenvalue weighted by Crippen LogP contribution is -2.43. The molecule has 0 saturated carbocycles. The van der Waals surface area contributed by atoms with E-state index in [1.165, 1.54) is 6.42 Å². The summed E-state index contributed by atoms with van der Waals surface area (Å²) in [5, 5.41) is 2.90. The molecule has 0 atom stereocenters. The molecule has 3 N–H and O–H groups in total. The SMILES string of the molecule is COc1cc(N)ccc1NC(=O)CN1CCCC(C)(C)C1. The first-order chi connectivity index (χ1) is 9.89. The highest BCUT2D eigenvalue weighted by Gasteiger charge is 2.27. The topological polar surface area (TPSA) is 67.6 Å². The molecule has 0 radical (unpaired) electrons. The third kappa shape index (κ3) is 4.36. The van der Waals surface area contributed by atoms with Crippen LogP contribution >= 0.6 is 0 Å². The fraction of sp³-hybridized carbons (Fsp3) is 0.562. The zero-order valence-electron chi connectivity index (χ0n) is 13.1. The van der Waals surface area contributed by atoms with Crippen LogP contribution in [0.1, 0.15) is 26.7 Å². The van der Waals surface area contributed by atoms with Crippen molar-refractivity contribution in [1.29, 1.82) is 0 Å². The molecule has 0 aromatic heterocycles. The van der Waals surface area contributed by atoms with Gasteiger partial charge in [0.1, 0.15) is 5.75 Å². The van der Waals surface area contributed by atoms with Gasteiger partial charge >= 0.3 is 0 Å². The molecule has 1 aliphatic rings. The number of hydrogen-bond acceptors (Lipinski definition) is 4. The Morgan fingerprint density at radius 2 is 2.24 bits per heavy atom. The van der Waals surface area contributed by atoms with E-state index in [1.807, 2.05) is 0 Å². The van der Waals surface area contributed by atoms with Crippen LogP contribution in [0.2, 0.25) is 0 Å². The summed E-state index contributed by atoms with van der Waals surface area (Å²) < 4.78 is 5.24. The standard InChI is InChI=1S/C16H25N3O2/c1-16(2)7-4-8-19(11-16)10-15(20)18-13-6-5-12(17)9-14(13)21-3/h5-6,9H,4,7-8,10-11,17H2,1-3H3,(H,18,20). The van der Waals surface area contributed by atoms with E-state index in [-0.39, 0.29) is 11.3 Å². The quantitative estimate of drug-likeness (QED) is 0.836. The monoisotopic (exact) mass is 291 g/mol. The summed E-state index contributed by atoms with van der Waals surface area (Å²) in [6, 6.07) is 5.23. The minimum absolute atomic E-state index is 0.0178. The number of anilines is 2. The number of nitrogen functional groups attached to an aromatic ring is 1. The van der Waals surface area contributed by atoms with Gasteiger partial charge in [-0.15, -0.1) is 0 Å². The van der Waals surface area contributed by atoms with Gasteiger partial charge < -0.3 is 15.8 Å². The molecule has 0 spiro atoms. The first-order valence-corrected chi connectivity index (χ1v) is 7.35. The number of ether oxygens (including phenoxy) is 1. The van der Waals surface area contributed by atoms with Crippen LogP contribution in [-0.4, -0.2) is 37.6 Å². The number of hydrogen-bond donors (Lipinski definition) is 2. The van der Waals surface area contributed by atoms with Crippen LogP contribution in [0.3, 0.4) is 0 Å². The maximum Gasteiger partial charge on any atom is 0.238 e. The van der Waals surface area contributed by atoms with Crippen molar-refractivity contribution in [3.63, 3.8) is 0 Å². The third-order valence-corrected chi connectivity index (χ3v) is 3.85. The van der Waals surface area contributed by atoms with Gasteiger partial charge in [-0.05, 0) is 36.9 Å². The lowest BCUT2D eigenvalue weighted by molar-refractivity contribution is -0.118.